The van der Waals surface area contributed by atoms with Crippen molar-refractivity contribution in [1.82, 2.24) is 4.98 Å². The van der Waals surface area contributed by atoms with E-state index in [2.05, 4.69) is 4.98 Å². The Hall–Kier alpha value is -1.38. The van der Waals surface area contributed by atoms with E-state index in [1.165, 1.54) is 19.0 Å². The summed E-state index contributed by atoms with van der Waals surface area (Å²) in [6, 6.07) is 1.72. The molecule has 1 fully saturated rings. The molecule has 0 aliphatic heterocycles. The molecule has 0 spiro atoms. The lowest BCUT2D eigenvalue weighted by atomic mass is 10.1. The van der Waals surface area contributed by atoms with Crippen LogP contribution >= 0.6 is 0 Å². The van der Waals surface area contributed by atoms with E-state index < -0.39 is 5.97 Å². The number of rotatable bonds is 3. The van der Waals surface area contributed by atoms with Gasteiger partial charge in [-0.05, 0) is 36.8 Å². The molecule has 1 aliphatic rings. The Morgan fingerprint density at radius 3 is 2.92 bits per heavy atom. The average molecular weight is 177 g/mol. The highest BCUT2D eigenvalue weighted by atomic mass is 16.4. The molecule has 2 rings (SSSR count). The SMILES string of the molecule is O=C(O)c1cncc(CC2CC2)c1. The summed E-state index contributed by atoms with van der Waals surface area (Å²) in [5.41, 5.74) is 1.33. The molecule has 1 aromatic rings. The van der Waals surface area contributed by atoms with Crippen molar-refractivity contribution in [3.8, 4) is 0 Å². The lowest BCUT2D eigenvalue weighted by Gasteiger charge is -1.99. The maximum Gasteiger partial charge on any atom is 0.337 e. The Bertz CT molecular complexity index is 331. The van der Waals surface area contributed by atoms with Crippen molar-refractivity contribution in [2.75, 3.05) is 0 Å². The highest BCUT2D eigenvalue weighted by Gasteiger charge is 2.21. The molecule has 1 N–H and O–H groups in total. The van der Waals surface area contributed by atoms with Gasteiger partial charge in [-0.25, -0.2) is 4.79 Å². The molecule has 3 nitrogen and oxygen atoms in total. The largest absolute Gasteiger partial charge is 0.478 e. The van der Waals surface area contributed by atoms with Gasteiger partial charge in [-0.1, -0.05) is 0 Å². The number of aromatic nitrogens is 1. The lowest BCUT2D eigenvalue weighted by Crippen LogP contribution is -1.99. The van der Waals surface area contributed by atoms with E-state index in [0.717, 1.165) is 17.9 Å². The Morgan fingerprint density at radius 1 is 1.54 bits per heavy atom. The topological polar surface area (TPSA) is 50.2 Å². The molecule has 0 radical (unpaired) electrons. The summed E-state index contributed by atoms with van der Waals surface area (Å²) in [5.74, 6) is -0.129. The van der Waals surface area contributed by atoms with Crippen molar-refractivity contribution in [2.24, 2.45) is 5.92 Å². The molecular weight excluding hydrogens is 166 g/mol. The molecule has 1 aliphatic carbocycles. The number of carboxylic acids is 1. The van der Waals surface area contributed by atoms with E-state index in [4.69, 9.17) is 5.11 Å². The third kappa shape index (κ3) is 2.05. The van der Waals surface area contributed by atoms with Crippen molar-refractivity contribution in [3.05, 3.63) is 29.6 Å². The van der Waals surface area contributed by atoms with Gasteiger partial charge in [0.15, 0.2) is 0 Å². The first-order valence-electron chi connectivity index (χ1n) is 4.43. The van der Waals surface area contributed by atoms with Gasteiger partial charge in [0.05, 0.1) is 5.56 Å². The van der Waals surface area contributed by atoms with E-state index in [1.807, 2.05) is 0 Å². The summed E-state index contributed by atoms with van der Waals surface area (Å²) in [6.07, 6.45) is 6.67. The van der Waals surface area contributed by atoms with Crippen LogP contribution in [0, 0.1) is 5.92 Å². The molecule has 3 heteroatoms. The van der Waals surface area contributed by atoms with E-state index in [-0.39, 0.29) is 5.56 Å². The maximum absolute atomic E-state index is 10.6. The zero-order valence-corrected chi connectivity index (χ0v) is 7.23. The second-order valence-electron chi connectivity index (χ2n) is 3.53. The first-order chi connectivity index (χ1) is 6.25. The Morgan fingerprint density at radius 2 is 2.31 bits per heavy atom. The van der Waals surface area contributed by atoms with Gasteiger partial charge in [0, 0.05) is 12.4 Å². The van der Waals surface area contributed by atoms with Crippen LogP contribution in [0.25, 0.3) is 0 Å². The molecule has 0 unspecified atom stereocenters. The van der Waals surface area contributed by atoms with Crippen LogP contribution in [0.2, 0.25) is 0 Å². The Balaban J connectivity index is 2.15. The number of carboxylic acid groups (broad SMARTS) is 1. The van der Waals surface area contributed by atoms with E-state index in [0.29, 0.717) is 0 Å². The molecule has 1 heterocycles. The van der Waals surface area contributed by atoms with Gasteiger partial charge in [-0.2, -0.15) is 0 Å². The maximum atomic E-state index is 10.6. The van der Waals surface area contributed by atoms with E-state index in [9.17, 15) is 4.79 Å². The van der Waals surface area contributed by atoms with Crippen LogP contribution in [-0.4, -0.2) is 16.1 Å². The molecule has 0 amide bonds. The second-order valence-corrected chi connectivity index (χ2v) is 3.53. The number of pyridine rings is 1. The molecular formula is C10H11NO2. The Kier molecular flexibility index (Phi) is 2.00. The number of hydrogen-bond acceptors (Lipinski definition) is 2. The molecule has 1 saturated carbocycles. The van der Waals surface area contributed by atoms with Gasteiger partial charge in [-0.3, -0.25) is 4.98 Å². The van der Waals surface area contributed by atoms with Crippen LogP contribution < -0.4 is 0 Å². The monoisotopic (exact) mass is 177 g/mol. The van der Waals surface area contributed by atoms with E-state index in [1.54, 1.807) is 12.3 Å². The molecule has 0 aromatic carbocycles. The summed E-state index contributed by atoms with van der Waals surface area (Å²) in [6.45, 7) is 0. The standard InChI is InChI=1S/C10H11NO2/c12-10(13)9-4-8(5-11-6-9)3-7-1-2-7/h4-7H,1-3H2,(H,12,13). The third-order valence-electron chi connectivity index (χ3n) is 2.26. The fraction of sp³-hybridized carbons (Fsp3) is 0.400. The highest BCUT2D eigenvalue weighted by molar-refractivity contribution is 5.87. The lowest BCUT2D eigenvalue weighted by molar-refractivity contribution is 0.0696. The normalized spacial score (nSPS) is 15.7. The van der Waals surface area contributed by atoms with Crippen LogP contribution in [-0.2, 0) is 6.42 Å². The van der Waals surface area contributed by atoms with Gasteiger partial charge >= 0.3 is 5.97 Å². The first kappa shape index (κ1) is 8.23. The molecule has 0 bridgehead atoms. The smallest absolute Gasteiger partial charge is 0.337 e. The number of nitrogens with zero attached hydrogens (tertiary/aromatic N) is 1. The van der Waals surface area contributed by atoms with Crippen LogP contribution in [0.1, 0.15) is 28.8 Å². The van der Waals surface area contributed by atoms with Crippen molar-refractivity contribution >= 4 is 5.97 Å². The zero-order valence-electron chi connectivity index (χ0n) is 7.23. The van der Waals surface area contributed by atoms with Crippen LogP contribution in [0.4, 0.5) is 0 Å². The van der Waals surface area contributed by atoms with Crippen molar-refractivity contribution in [2.45, 2.75) is 19.3 Å². The molecule has 1 aromatic heterocycles. The fourth-order valence-electron chi connectivity index (χ4n) is 1.37. The average Bonchev–Trinajstić information content (AvgIpc) is 2.89. The van der Waals surface area contributed by atoms with Gasteiger partial charge in [0.2, 0.25) is 0 Å². The number of carbonyl (C=O) groups is 1. The molecule has 0 atom stereocenters. The van der Waals surface area contributed by atoms with Gasteiger partial charge < -0.3 is 5.11 Å². The summed E-state index contributed by atoms with van der Waals surface area (Å²) in [4.78, 5) is 14.5. The highest BCUT2D eigenvalue weighted by Crippen LogP contribution is 2.32. The minimum atomic E-state index is -0.898. The molecule has 68 valence electrons. The fourth-order valence-corrected chi connectivity index (χ4v) is 1.37. The minimum Gasteiger partial charge on any atom is -0.478 e. The van der Waals surface area contributed by atoms with Gasteiger partial charge in [0.1, 0.15) is 0 Å². The zero-order chi connectivity index (χ0) is 9.26. The molecule has 0 saturated heterocycles. The summed E-state index contributed by atoms with van der Waals surface area (Å²) >= 11 is 0. The van der Waals surface area contributed by atoms with Gasteiger partial charge in [-0.15, -0.1) is 0 Å². The van der Waals surface area contributed by atoms with Crippen LogP contribution in [0.15, 0.2) is 18.5 Å². The van der Waals surface area contributed by atoms with E-state index >= 15 is 0 Å². The van der Waals surface area contributed by atoms with Crippen LogP contribution in [0.5, 0.6) is 0 Å². The minimum absolute atomic E-state index is 0.290. The number of hydrogen-bond donors (Lipinski definition) is 1. The van der Waals surface area contributed by atoms with Crippen molar-refractivity contribution in [3.63, 3.8) is 0 Å². The number of aromatic carboxylic acids is 1. The van der Waals surface area contributed by atoms with Crippen LogP contribution in [0.3, 0.4) is 0 Å². The van der Waals surface area contributed by atoms with Crippen molar-refractivity contribution in [1.29, 1.82) is 0 Å². The van der Waals surface area contributed by atoms with Gasteiger partial charge in [0.25, 0.3) is 0 Å². The summed E-state index contributed by atoms with van der Waals surface area (Å²) in [7, 11) is 0. The quantitative estimate of drug-likeness (QED) is 0.764. The first-order valence-corrected chi connectivity index (χ1v) is 4.43. The third-order valence-corrected chi connectivity index (χ3v) is 2.26. The second kappa shape index (κ2) is 3.17. The predicted octanol–water partition coefficient (Wildman–Crippen LogP) is 1.73. The Labute approximate surface area is 76.4 Å². The summed E-state index contributed by atoms with van der Waals surface area (Å²) in [5, 5.41) is 8.72. The van der Waals surface area contributed by atoms with Crippen molar-refractivity contribution < 1.29 is 9.90 Å². The predicted molar refractivity (Wildman–Crippen MR) is 47.6 cm³/mol. The summed E-state index contributed by atoms with van der Waals surface area (Å²) < 4.78 is 0. The molecule has 13 heavy (non-hydrogen) atoms.